The fourth-order valence-electron chi connectivity index (χ4n) is 2.30. The highest BCUT2D eigenvalue weighted by atomic mass is 19.1. The van der Waals surface area contributed by atoms with Gasteiger partial charge in [-0.25, -0.2) is 14.4 Å². The third-order valence-corrected chi connectivity index (χ3v) is 3.25. The number of fused-ring (bicyclic) bond motifs is 1. The van der Waals surface area contributed by atoms with Crippen LogP contribution in [-0.4, -0.2) is 9.97 Å². The summed E-state index contributed by atoms with van der Waals surface area (Å²) in [5.41, 5.74) is 3.44. The lowest BCUT2D eigenvalue weighted by Gasteiger charge is -2.09. The average molecular weight is 243 g/mol. The van der Waals surface area contributed by atoms with E-state index in [0.717, 1.165) is 36.3 Å². The van der Waals surface area contributed by atoms with Gasteiger partial charge in [-0.2, -0.15) is 0 Å². The van der Waals surface area contributed by atoms with Gasteiger partial charge in [-0.3, -0.25) is 0 Å². The first-order valence-corrected chi connectivity index (χ1v) is 6.14. The quantitative estimate of drug-likeness (QED) is 0.900. The van der Waals surface area contributed by atoms with Gasteiger partial charge in [-0.05, 0) is 37.0 Å². The van der Waals surface area contributed by atoms with Crippen LogP contribution in [0.2, 0.25) is 0 Å². The van der Waals surface area contributed by atoms with E-state index in [-0.39, 0.29) is 5.82 Å². The number of nitrogens with zero attached hydrogens (tertiary/aromatic N) is 2. The highest BCUT2D eigenvalue weighted by Gasteiger charge is 2.16. The lowest BCUT2D eigenvalue weighted by molar-refractivity contribution is 0.627. The van der Waals surface area contributed by atoms with Crippen molar-refractivity contribution in [1.29, 1.82) is 0 Å². The maximum Gasteiger partial charge on any atom is 0.133 e. The molecule has 1 aromatic carbocycles. The van der Waals surface area contributed by atoms with Crippen LogP contribution in [0.4, 0.5) is 10.2 Å². The van der Waals surface area contributed by atoms with Gasteiger partial charge < -0.3 is 5.32 Å². The van der Waals surface area contributed by atoms with Crippen LogP contribution in [0.5, 0.6) is 0 Å². The van der Waals surface area contributed by atoms with Gasteiger partial charge in [0.1, 0.15) is 18.0 Å². The molecule has 4 heteroatoms. The molecule has 92 valence electrons. The number of halogens is 1. The minimum Gasteiger partial charge on any atom is -0.366 e. The highest BCUT2D eigenvalue weighted by Crippen LogP contribution is 2.25. The number of nitrogens with one attached hydrogen (secondary N) is 1. The zero-order valence-corrected chi connectivity index (χ0v) is 9.99. The molecule has 1 heterocycles. The second-order valence-corrected chi connectivity index (χ2v) is 4.48. The van der Waals surface area contributed by atoms with Crippen molar-refractivity contribution in [2.75, 3.05) is 5.32 Å². The van der Waals surface area contributed by atoms with Gasteiger partial charge in [0.2, 0.25) is 0 Å². The van der Waals surface area contributed by atoms with E-state index in [1.165, 1.54) is 17.7 Å². The van der Waals surface area contributed by atoms with Gasteiger partial charge in [0.05, 0.1) is 0 Å². The summed E-state index contributed by atoms with van der Waals surface area (Å²) >= 11 is 0. The van der Waals surface area contributed by atoms with Crippen molar-refractivity contribution in [2.45, 2.75) is 25.8 Å². The Labute approximate surface area is 105 Å². The van der Waals surface area contributed by atoms with Crippen LogP contribution in [0.25, 0.3) is 0 Å². The summed E-state index contributed by atoms with van der Waals surface area (Å²) in [5.74, 6) is 0.712. The van der Waals surface area contributed by atoms with Crippen molar-refractivity contribution < 1.29 is 4.39 Å². The van der Waals surface area contributed by atoms with Crippen molar-refractivity contribution in [3.8, 4) is 0 Å². The molecule has 0 amide bonds. The number of aromatic nitrogens is 2. The maximum absolute atomic E-state index is 12.8. The van der Waals surface area contributed by atoms with Crippen molar-refractivity contribution in [3.05, 3.63) is 53.2 Å². The summed E-state index contributed by atoms with van der Waals surface area (Å²) in [6.45, 7) is 0.656. The van der Waals surface area contributed by atoms with Crippen LogP contribution >= 0.6 is 0 Å². The molecule has 0 aliphatic heterocycles. The van der Waals surface area contributed by atoms with Gasteiger partial charge in [0, 0.05) is 17.8 Å². The Bertz CT molecular complexity index is 551. The Kier molecular flexibility index (Phi) is 2.92. The number of aryl methyl sites for hydroxylation is 1. The van der Waals surface area contributed by atoms with E-state index < -0.39 is 0 Å². The molecule has 3 rings (SSSR count). The standard InChI is InChI=1S/C14H14FN3/c15-11-6-4-10(5-7-11)8-16-14-12-2-1-3-13(12)17-9-18-14/h4-7,9H,1-3,8H2,(H,16,17,18). The first kappa shape index (κ1) is 11.1. The fourth-order valence-corrected chi connectivity index (χ4v) is 2.30. The Morgan fingerprint density at radius 2 is 1.94 bits per heavy atom. The van der Waals surface area contributed by atoms with E-state index in [1.54, 1.807) is 18.5 Å². The van der Waals surface area contributed by atoms with E-state index in [1.807, 2.05) is 0 Å². The van der Waals surface area contributed by atoms with Crippen LogP contribution in [0.3, 0.4) is 0 Å². The molecule has 2 aromatic rings. The number of benzene rings is 1. The van der Waals surface area contributed by atoms with E-state index in [4.69, 9.17) is 0 Å². The SMILES string of the molecule is Fc1ccc(CNc2ncnc3c2CCC3)cc1. The highest BCUT2D eigenvalue weighted by molar-refractivity contribution is 5.48. The zero-order chi connectivity index (χ0) is 12.4. The molecule has 0 unspecified atom stereocenters. The molecule has 0 saturated carbocycles. The molecule has 0 atom stereocenters. The molecule has 0 spiro atoms. The average Bonchev–Trinajstić information content (AvgIpc) is 2.87. The molecule has 1 aromatic heterocycles. The lowest BCUT2D eigenvalue weighted by Crippen LogP contribution is -2.05. The number of rotatable bonds is 3. The molecule has 18 heavy (non-hydrogen) atoms. The molecule has 0 fully saturated rings. The predicted molar refractivity (Wildman–Crippen MR) is 67.8 cm³/mol. The summed E-state index contributed by atoms with van der Waals surface area (Å²) in [5, 5.41) is 3.31. The third kappa shape index (κ3) is 2.18. The normalized spacial score (nSPS) is 13.4. The van der Waals surface area contributed by atoms with Gasteiger partial charge in [0.15, 0.2) is 0 Å². The summed E-state index contributed by atoms with van der Waals surface area (Å²) in [7, 11) is 0. The summed E-state index contributed by atoms with van der Waals surface area (Å²) in [4.78, 5) is 8.57. The molecule has 1 aliphatic rings. The molecule has 3 nitrogen and oxygen atoms in total. The van der Waals surface area contributed by atoms with E-state index in [0.29, 0.717) is 6.54 Å². The minimum atomic E-state index is -0.207. The number of hydrogen-bond acceptors (Lipinski definition) is 3. The topological polar surface area (TPSA) is 37.8 Å². The number of hydrogen-bond donors (Lipinski definition) is 1. The lowest BCUT2D eigenvalue weighted by atomic mass is 10.2. The van der Waals surface area contributed by atoms with Gasteiger partial charge in [-0.1, -0.05) is 12.1 Å². The minimum absolute atomic E-state index is 0.207. The first-order valence-electron chi connectivity index (χ1n) is 6.14. The Hall–Kier alpha value is -1.97. The Morgan fingerprint density at radius 3 is 2.78 bits per heavy atom. The second kappa shape index (κ2) is 4.72. The molecule has 1 aliphatic carbocycles. The number of anilines is 1. The molecule has 0 bridgehead atoms. The molecular weight excluding hydrogens is 229 g/mol. The summed E-state index contributed by atoms with van der Waals surface area (Å²) in [6.07, 6.45) is 4.85. The monoisotopic (exact) mass is 243 g/mol. The third-order valence-electron chi connectivity index (χ3n) is 3.25. The summed E-state index contributed by atoms with van der Waals surface area (Å²) < 4.78 is 12.8. The Balaban J connectivity index is 1.74. The fraction of sp³-hybridized carbons (Fsp3) is 0.286. The van der Waals surface area contributed by atoms with Crippen LogP contribution in [0.15, 0.2) is 30.6 Å². The molecule has 1 N–H and O–H groups in total. The molecule has 0 radical (unpaired) electrons. The van der Waals surface area contributed by atoms with Crippen LogP contribution in [-0.2, 0) is 19.4 Å². The van der Waals surface area contributed by atoms with Crippen molar-refractivity contribution in [3.63, 3.8) is 0 Å². The van der Waals surface area contributed by atoms with Gasteiger partial charge in [0.25, 0.3) is 0 Å². The summed E-state index contributed by atoms with van der Waals surface area (Å²) in [6, 6.07) is 6.51. The molecular formula is C14H14FN3. The van der Waals surface area contributed by atoms with Crippen molar-refractivity contribution in [2.24, 2.45) is 0 Å². The smallest absolute Gasteiger partial charge is 0.133 e. The van der Waals surface area contributed by atoms with Crippen LogP contribution in [0.1, 0.15) is 23.2 Å². The zero-order valence-electron chi connectivity index (χ0n) is 9.99. The van der Waals surface area contributed by atoms with Gasteiger partial charge >= 0.3 is 0 Å². The molecule has 0 saturated heterocycles. The van der Waals surface area contributed by atoms with Crippen molar-refractivity contribution in [1.82, 2.24) is 9.97 Å². The predicted octanol–water partition coefficient (Wildman–Crippen LogP) is 2.72. The van der Waals surface area contributed by atoms with Gasteiger partial charge in [-0.15, -0.1) is 0 Å². The first-order chi connectivity index (χ1) is 8.83. The van der Waals surface area contributed by atoms with E-state index in [2.05, 4.69) is 15.3 Å². The van der Waals surface area contributed by atoms with Crippen LogP contribution < -0.4 is 5.32 Å². The van der Waals surface area contributed by atoms with Crippen LogP contribution in [0, 0.1) is 5.82 Å². The second-order valence-electron chi connectivity index (χ2n) is 4.48. The maximum atomic E-state index is 12.8. The van der Waals surface area contributed by atoms with Crippen molar-refractivity contribution >= 4 is 5.82 Å². The Morgan fingerprint density at radius 1 is 1.11 bits per heavy atom. The van der Waals surface area contributed by atoms with E-state index in [9.17, 15) is 4.39 Å². The van der Waals surface area contributed by atoms with E-state index >= 15 is 0 Å². The largest absolute Gasteiger partial charge is 0.366 e.